The number of aryl methyl sites for hydroxylation is 1. The predicted octanol–water partition coefficient (Wildman–Crippen LogP) is 4.45. The Kier molecular flexibility index (Phi) is 8.61. The Hall–Kier alpha value is -2.71. The first-order chi connectivity index (χ1) is 15.1. The van der Waals surface area contributed by atoms with Gasteiger partial charge in [-0.15, -0.1) is 28.5 Å². The van der Waals surface area contributed by atoms with Crippen LogP contribution in [0.3, 0.4) is 0 Å². The molecule has 0 atom stereocenters. The number of carbonyl (C=O) groups is 1. The lowest BCUT2D eigenvalue weighted by Gasteiger charge is -2.09. The summed E-state index contributed by atoms with van der Waals surface area (Å²) in [4.78, 5) is 13.5. The van der Waals surface area contributed by atoms with E-state index in [2.05, 4.69) is 53.3 Å². The van der Waals surface area contributed by atoms with Gasteiger partial charge in [0.25, 0.3) is 0 Å². The van der Waals surface area contributed by atoms with Gasteiger partial charge in [-0.05, 0) is 43.3 Å². The van der Waals surface area contributed by atoms with Crippen LogP contribution in [0.1, 0.15) is 5.56 Å². The van der Waals surface area contributed by atoms with Gasteiger partial charge in [0.1, 0.15) is 5.75 Å². The smallest absolute Gasteiger partial charge is 0.230 e. The van der Waals surface area contributed by atoms with Crippen LogP contribution in [-0.4, -0.2) is 45.8 Å². The molecule has 0 radical (unpaired) electrons. The molecule has 6 nitrogen and oxygen atoms in total. The maximum absolute atomic E-state index is 12.3. The molecule has 0 aliphatic rings. The molecule has 0 spiro atoms. The highest BCUT2D eigenvalue weighted by atomic mass is 32.2. The van der Waals surface area contributed by atoms with Crippen LogP contribution in [0.5, 0.6) is 5.75 Å². The van der Waals surface area contributed by atoms with E-state index in [1.807, 2.05) is 28.8 Å². The average Bonchev–Trinajstić information content (AvgIpc) is 3.19. The number of allylic oxidation sites excluding steroid dienone is 1. The van der Waals surface area contributed by atoms with E-state index >= 15 is 0 Å². The maximum Gasteiger partial charge on any atom is 0.230 e. The van der Waals surface area contributed by atoms with Gasteiger partial charge in [-0.2, -0.15) is 0 Å². The van der Waals surface area contributed by atoms with E-state index in [-0.39, 0.29) is 11.7 Å². The molecular weight excluding hydrogens is 428 g/mol. The number of nitrogens with one attached hydrogen (secondary N) is 1. The minimum atomic E-state index is -0.0198. The Labute approximate surface area is 191 Å². The Bertz CT molecular complexity index is 1000. The van der Waals surface area contributed by atoms with E-state index in [9.17, 15) is 4.79 Å². The molecule has 0 bridgehead atoms. The van der Waals surface area contributed by atoms with Crippen LogP contribution < -0.4 is 10.1 Å². The number of methoxy groups -OCH3 is 1. The minimum absolute atomic E-state index is 0.0198. The zero-order valence-electron chi connectivity index (χ0n) is 17.7. The van der Waals surface area contributed by atoms with Crippen molar-refractivity contribution < 1.29 is 9.53 Å². The standard InChI is InChI=1S/C23H26N4O2S2/c1-4-14-27-22(18-7-9-19(29-3)10-8-18)25-26-23(27)31-16-21(28)24-13-15-30-20-11-5-17(2)6-12-20/h4-12H,1,13-16H2,2-3H3,(H,24,28). The van der Waals surface area contributed by atoms with Crippen molar-refractivity contribution in [3.8, 4) is 17.1 Å². The number of hydrogen-bond donors (Lipinski definition) is 1. The predicted molar refractivity (Wildman–Crippen MR) is 128 cm³/mol. The number of hydrogen-bond acceptors (Lipinski definition) is 6. The van der Waals surface area contributed by atoms with Gasteiger partial charge in [-0.1, -0.05) is 35.5 Å². The third-order valence-corrected chi connectivity index (χ3v) is 6.40. The molecule has 2 aromatic carbocycles. The van der Waals surface area contributed by atoms with Crippen molar-refractivity contribution in [2.24, 2.45) is 0 Å². The molecule has 162 valence electrons. The molecule has 3 aromatic rings. The zero-order valence-corrected chi connectivity index (χ0v) is 19.3. The van der Waals surface area contributed by atoms with Crippen molar-refractivity contribution in [2.75, 3.05) is 25.2 Å². The van der Waals surface area contributed by atoms with Crippen molar-refractivity contribution in [2.45, 2.75) is 23.5 Å². The molecule has 0 aliphatic heterocycles. The van der Waals surface area contributed by atoms with Gasteiger partial charge in [0, 0.05) is 29.3 Å². The SMILES string of the molecule is C=CCn1c(SCC(=O)NCCSc2ccc(C)cc2)nnc1-c1ccc(OC)cc1. The first-order valence-electron chi connectivity index (χ1n) is 9.88. The third kappa shape index (κ3) is 6.63. The number of ether oxygens (including phenoxy) is 1. The Morgan fingerprint density at radius 3 is 2.55 bits per heavy atom. The third-order valence-electron chi connectivity index (χ3n) is 4.42. The van der Waals surface area contributed by atoms with Crippen LogP contribution in [0.25, 0.3) is 11.4 Å². The zero-order chi connectivity index (χ0) is 22.1. The Morgan fingerprint density at radius 2 is 1.87 bits per heavy atom. The van der Waals surface area contributed by atoms with Crippen LogP contribution in [0.2, 0.25) is 0 Å². The Balaban J connectivity index is 1.51. The lowest BCUT2D eigenvalue weighted by molar-refractivity contribution is -0.118. The molecule has 1 N–H and O–H groups in total. The highest BCUT2D eigenvalue weighted by molar-refractivity contribution is 7.99. The van der Waals surface area contributed by atoms with Crippen LogP contribution in [0.15, 0.2) is 71.2 Å². The number of amides is 1. The molecule has 8 heteroatoms. The molecule has 0 unspecified atom stereocenters. The van der Waals surface area contributed by atoms with Crippen LogP contribution in [0, 0.1) is 6.92 Å². The van der Waals surface area contributed by atoms with Gasteiger partial charge in [-0.25, -0.2) is 0 Å². The van der Waals surface area contributed by atoms with Crippen molar-refractivity contribution >= 4 is 29.4 Å². The van der Waals surface area contributed by atoms with E-state index in [1.165, 1.54) is 22.2 Å². The van der Waals surface area contributed by atoms with Gasteiger partial charge in [0.05, 0.1) is 12.9 Å². The first-order valence-corrected chi connectivity index (χ1v) is 11.9. The van der Waals surface area contributed by atoms with Gasteiger partial charge in [0.2, 0.25) is 5.91 Å². The van der Waals surface area contributed by atoms with Gasteiger partial charge in [0.15, 0.2) is 11.0 Å². The van der Waals surface area contributed by atoms with E-state index in [1.54, 1.807) is 24.9 Å². The Morgan fingerprint density at radius 1 is 1.13 bits per heavy atom. The maximum atomic E-state index is 12.3. The van der Waals surface area contributed by atoms with E-state index < -0.39 is 0 Å². The van der Waals surface area contributed by atoms with Crippen LogP contribution >= 0.6 is 23.5 Å². The number of nitrogens with zero attached hydrogens (tertiary/aromatic N) is 3. The van der Waals surface area contributed by atoms with Gasteiger partial charge < -0.3 is 10.1 Å². The lowest BCUT2D eigenvalue weighted by atomic mass is 10.2. The fourth-order valence-corrected chi connectivity index (χ4v) is 4.36. The second-order valence-electron chi connectivity index (χ2n) is 6.73. The van der Waals surface area contributed by atoms with Crippen molar-refractivity contribution in [1.29, 1.82) is 0 Å². The lowest BCUT2D eigenvalue weighted by Crippen LogP contribution is -2.27. The molecule has 0 saturated heterocycles. The summed E-state index contributed by atoms with van der Waals surface area (Å²) in [6.45, 7) is 7.08. The molecule has 1 aromatic heterocycles. The summed E-state index contributed by atoms with van der Waals surface area (Å²) in [5, 5.41) is 12.3. The minimum Gasteiger partial charge on any atom is -0.497 e. The molecule has 31 heavy (non-hydrogen) atoms. The second kappa shape index (κ2) is 11.6. The van der Waals surface area contributed by atoms with E-state index in [0.29, 0.717) is 18.2 Å². The summed E-state index contributed by atoms with van der Waals surface area (Å²) in [5.74, 6) is 2.61. The second-order valence-corrected chi connectivity index (χ2v) is 8.84. The normalized spacial score (nSPS) is 10.6. The monoisotopic (exact) mass is 454 g/mol. The highest BCUT2D eigenvalue weighted by Crippen LogP contribution is 2.25. The average molecular weight is 455 g/mol. The summed E-state index contributed by atoms with van der Waals surface area (Å²) < 4.78 is 7.17. The summed E-state index contributed by atoms with van der Waals surface area (Å²) in [6, 6.07) is 16.0. The molecule has 0 saturated carbocycles. The molecular formula is C23H26N4O2S2. The van der Waals surface area contributed by atoms with E-state index in [4.69, 9.17) is 4.74 Å². The van der Waals surface area contributed by atoms with Crippen LogP contribution in [0.4, 0.5) is 0 Å². The molecule has 0 aliphatic carbocycles. The first kappa shape index (κ1) is 23.0. The fourth-order valence-electron chi connectivity index (χ4n) is 2.82. The van der Waals surface area contributed by atoms with Crippen LogP contribution in [-0.2, 0) is 11.3 Å². The van der Waals surface area contributed by atoms with Gasteiger partial charge >= 0.3 is 0 Å². The quantitative estimate of drug-likeness (QED) is 0.262. The number of aromatic nitrogens is 3. The summed E-state index contributed by atoms with van der Waals surface area (Å²) in [7, 11) is 1.64. The van der Waals surface area contributed by atoms with Crippen molar-refractivity contribution in [3.05, 3.63) is 66.7 Å². The van der Waals surface area contributed by atoms with Crippen molar-refractivity contribution in [3.63, 3.8) is 0 Å². The molecule has 1 amide bonds. The summed E-state index contributed by atoms with van der Waals surface area (Å²) in [5.41, 5.74) is 2.17. The largest absolute Gasteiger partial charge is 0.497 e. The topological polar surface area (TPSA) is 69.0 Å². The number of carbonyl (C=O) groups excluding carboxylic acids is 1. The summed E-state index contributed by atoms with van der Waals surface area (Å²) >= 11 is 3.10. The summed E-state index contributed by atoms with van der Waals surface area (Å²) in [6.07, 6.45) is 1.79. The molecule has 0 fully saturated rings. The number of rotatable bonds is 11. The molecule has 1 heterocycles. The van der Waals surface area contributed by atoms with Crippen molar-refractivity contribution in [1.82, 2.24) is 20.1 Å². The van der Waals surface area contributed by atoms with Gasteiger partial charge in [-0.3, -0.25) is 9.36 Å². The highest BCUT2D eigenvalue weighted by Gasteiger charge is 2.15. The van der Waals surface area contributed by atoms with E-state index in [0.717, 1.165) is 22.9 Å². The number of thioether (sulfide) groups is 2. The molecule has 3 rings (SSSR count). The fraction of sp³-hybridized carbons (Fsp3) is 0.261. The number of benzene rings is 2.